The van der Waals surface area contributed by atoms with Gasteiger partial charge in [-0.1, -0.05) is 38.1 Å². The highest BCUT2D eigenvalue weighted by atomic mass is 16.6. The van der Waals surface area contributed by atoms with Crippen LogP contribution in [-0.2, 0) is 62.3 Å². The summed E-state index contributed by atoms with van der Waals surface area (Å²) in [6.45, 7) is 34.1. The molecular formula is C53H92O14. The van der Waals surface area contributed by atoms with E-state index in [1.165, 1.54) is 11.1 Å². The van der Waals surface area contributed by atoms with E-state index < -0.39 is 0 Å². The third kappa shape index (κ3) is 27.5. The first-order chi connectivity index (χ1) is 31.8. The van der Waals surface area contributed by atoms with Gasteiger partial charge in [-0.25, -0.2) is 0 Å². The van der Waals surface area contributed by atoms with Crippen molar-refractivity contribution in [3.8, 4) is 11.5 Å². The number of hydrogen-bond acceptors (Lipinski definition) is 14. The normalized spacial score (nSPS) is 17.7. The van der Waals surface area contributed by atoms with Gasteiger partial charge < -0.3 is 66.3 Å². The molecule has 0 aromatic heterocycles. The molecule has 388 valence electrons. The molecule has 0 spiro atoms. The number of ether oxygens (including phenoxy) is 14. The summed E-state index contributed by atoms with van der Waals surface area (Å²) >= 11 is 0. The van der Waals surface area contributed by atoms with Crippen LogP contribution in [0, 0.1) is 0 Å². The topological polar surface area (TPSA) is 129 Å². The van der Waals surface area contributed by atoms with E-state index in [1.807, 2.05) is 107 Å². The molecule has 0 N–H and O–H groups in total. The average molecular weight is 953 g/mol. The van der Waals surface area contributed by atoms with Gasteiger partial charge in [-0.3, -0.25) is 0 Å². The summed E-state index contributed by atoms with van der Waals surface area (Å²) in [5, 5.41) is 0. The zero-order valence-electron chi connectivity index (χ0n) is 44.2. The second-order valence-electron chi connectivity index (χ2n) is 18.8. The SMILES string of the molecule is COC(C)COC(C)COC(C)COC(C)COC(C)COC(C)COc1ccc(C(C)(C)c2ccc(OCC(C)OCC(C)OCC(C)OCC(C)OCC(C)OCC(C)OC)cc2)cc1. The Hall–Kier alpha value is -2.44. The molecule has 0 amide bonds. The molecule has 2 aromatic carbocycles. The van der Waals surface area contributed by atoms with Crippen LogP contribution in [0.1, 0.15) is 108 Å². The molecule has 0 aliphatic carbocycles. The first-order valence-corrected chi connectivity index (χ1v) is 24.5. The highest BCUT2D eigenvalue weighted by Crippen LogP contribution is 2.33. The first-order valence-electron chi connectivity index (χ1n) is 24.5. The quantitative estimate of drug-likeness (QED) is 0.0631. The van der Waals surface area contributed by atoms with Crippen molar-refractivity contribution in [1.29, 1.82) is 0 Å². The summed E-state index contributed by atoms with van der Waals surface area (Å²) in [7, 11) is 3.35. The molecule has 14 nitrogen and oxygen atoms in total. The Morgan fingerprint density at radius 2 is 0.463 bits per heavy atom. The Morgan fingerprint density at radius 1 is 0.284 bits per heavy atom. The minimum atomic E-state index is -0.229. The lowest BCUT2D eigenvalue weighted by molar-refractivity contribution is -0.101. The van der Waals surface area contributed by atoms with Gasteiger partial charge in [0.1, 0.15) is 24.7 Å². The fourth-order valence-corrected chi connectivity index (χ4v) is 6.14. The average Bonchev–Trinajstić information content (AvgIpc) is 3.33. The molecule has 0 saturated heterocycles. The molecule has 14 heteroatoms. The van der Waals surface area contributed by atoms with Gasteiger partial charge in [0.2, 0.25) is 0 Å². The molecule has 0 fully saturated rings. The van der Waals surface area contributed by atoms with Crippen molar-refractivity contribution >= 4 is 0 Å². The predicted octanol–water partition coefficient (Wildman–Crippen LogP) is 8.89. The van der Waals surface area contributed by atoms with Gasteiger partial charge >= 0.3 is 0 Å². The van der Waals surface area contributed by atoms with Crippen LogP contribution in [0.2, 0.25) is 0 Å². The smallest absolute Gasteiger partial charge is 0.119 e. The lowest BCUT2D eigenvalue weighted by atomic mass is 9.78. The molecule has 0 radical (unpaired) electrons. The number of rotatable bonds is 40. The minimum absolute atomic E-state index is 0.0164. The van der Waals surface area contributed by atoms with Crippen molar-refractivity contribution < 1.29 is 66.3 Å². The summed E-state index contributed by atoms with van der Waals surface area (Å²) in [6.07, 6.45) is -0.564. The van der Waals surface area contributed by atoms with Gasteiger partial charge in [0.25, 0.3) is 0 Å². The lowest BCUT2D eigenvalue weighted by Crippen LogP contribution is -2.29. The van der Waals surface area contributed by atoms with Gasteiger partial charge in [-0.2, -0.15) is 0 Å². The van der Waals surface area contributed by atoms with Crippen LogP contribution < -0.4 is 9.47 Å². The molecule has 67 heavy (non-hydrogen) atoms. The molecular weight excluding hydrogens is 861 g/mol. The summed E-state index contributed by atoms with van der Waals surface area (Å²) < 4.78 is 81.8. The van der Waals surface area contributed by atoms with Crippen LogP contribution in [-0.4, -0.2) is 167 Å². The summed E-state index contributed by atoms with van der Waals surface area (Å²) in [5.41, 5.74) is 2.13. The van der Waals surface area contributed by atoms with Crippen LogP contribution in [0.25, 0.3) is 0 Å². The maximum atomic E-state index is 6.08. The van der Waals surface area contributed by atoms with Crippen molar-refractivity contribution in [2.75, 3.05) is 93.5 Å². The standard InChI is InChI=1S/C53H92O14/c1-37(54-15)25-56-39(3)27-58-41(5)29-60-43(7)31-62-45(9)33-64-47(11)35-66-51-21-17-49(18-22-51)53(13,14)50-19-23-52(24-20-50)67-36-48(12)65-34-46(10)63-32-44(8)61-30-42(6)59-28-40(4)57-26-38(2)55-16/h17-24,37-48H,25-36H2,1-16H3. The second kappa shape index (κ2) is 34.0. The maximum absolute atomic E-state index is 6.08. The van der Waals surface area contributed by atoms with E-state index >= 15 is 0 Å². The molecule has 2 rings (SSSR count). The monoisotopic (exact) mass is 953 g/mol. The van der Waals surface area contributed by atoms with Crippen LogP contribution >= 0.6 is 0 Å². The van der Waals surface area contributed by atoms with Crippen LogP contribution in [0.4, 0.5) is 0 Å². The predicted molar refractivity (Wildman–Crippen MR) is 263 cm³/mol. The molecule has 12 unspecified atom stereocenters. The zero-order valence-corrected chi connectivity index (χ0v) is 44.2. The molecule has 0 heterocycles. The van der Waals surface area contributed by atoms with Gasteiger partial charge in [0.05, 0.1) is 139 Å². The number of hydrogen-bond donors (Lipinski definition) is 0. The Kier molecular flexibility index (Phi) is 30.8. The van der Waals surface area contributed by atoms with Gasteiger partial charge in [-0.05, 0) is 118 Å². The van der Waals surface area contributed by atoms with E-state index in [4.69, 9.17) is 66.3 Å². The van der Waals surface area contributed by atoms with Gasteiger partial charge in [-0.15, -0.1) is 0 Å². The van der Waals surface area contributed by atoms with Crippen molar-refractivity contribution in [1.82, 2.24) is 0 Å². The summed E-state index contributed by atoms with van der Waals surface area (Å²) in [6, 6.07) is 16.5. The Morgan fingerprint density at radius 3 is 0.657 bits per heavy atom. The van der Waals surface area contributed by atoms with Crippen molar-refractivity contribution in [3.05, 3.63) is 59.7 Å². The van der Waals surface area contributed by atoms with E-state index in [2.05, 4.69) is 38.1 Å². The largest absolute Gasteiger partial charge is 0.491 e. The van der Waals surface area contributed by atoms with E-state index in [0.29, 0.717) is 79.3 Å². The Bertz CT molecular complexity index is 1390. The van der Waals surface area contributed by atoms with Crippen molar-refractivity contribution in [2.45, 2.75) is 176 Å². The highest BCUT2D eigenvalue weighted by molar-refractivity contribution is 5.41. The van der Waals surface area contributed by atoms with Gasteiger partial charge in [0, 0.05) is 19.6 Å². The third-order valence-corrected chi connectivity index (χ3v) is 11.1. The molecule has 12 atom stereocenters. The third-order valence-electron chi connectivity index (χ3n) is 11.1. The Labute approximate surface area is 405 Å². The van der Waals surface area contributed by atoms with Crippen LogP contribution in [0.5, 0.6) is 11.5 Å². The molecule has 0 saturated carbocycles. The number of benzene rings is 2. The Balaban J connectivity index is 1.62. The molecule has 0 aliphatic heterocycles. The minimum Gasteiger partial charge on any atom is -0.491 e. The lowest BCUT2D eigenvalue weighted by Gasteiger charge is -2.27. The van der Waals surface area contributed by atoms with E-state index in [0.717, 1.165) is 11.5 Å². The van der Waals surface area contributed by atoms with Crippen LogP contribution in [0.15, 0.2) is 48.5 Å². The summed E-state index contributed by atoms with van der Waals surface area (Å²) in [4.78, 5) is 0. The van der Waals surface area contributed by atoms with E-state index in [9.17, 15) is 0 Å². The zero-order chi connectivity index (χ0) is 49.8. The van der Waals surface area contributed by atoms with Crippen molar-refractivity contribution in [2.24, 2.45) is 0 Å². The fraction of sp³-hybridized carbons (Fsp3) is 0.774. The van der Waals surface area contributed by atoms with Gasteiger partial charge in [0.15, 0.2) is 0 Å². The maximum Gasteiger partial charge on any atom is 0.119 e. The molecule has 0 bridgehead atoms. The van der Waals surface area contributed by atoms with E-state index in [1.54, 1.807) is 14.2 Å². The van der Waals surface area contributed by atoms with Crippen LogP contribution in [0.3, 0.4) is 0 Å². The summed E-state index contributed by atoms with van der Waals surface area (Å²) in [5.74, 6) is 1.59. The first kappa shape index (κ1) is 60.7. The molecule has 0 aliphatic rings. The van der Waals surface area contributed by atoms with Crippen molar-refractivity contribution in [3.63, 3.8) is 0 Å². The second-order valence-corrected chi connectivity index (χ2v) is 18.8. The highest BCUT2D eigenvalue weighted by Gasteiger charge is 2.24. The fourth-order valence-electron chi connectivity index (χ4n) is 6.14. The molecule has 2 aromatic rings. The number of methoxy groups -OCH3 is 2. The van der Waals surface area contributed by atoms with E-state index in [-0.39, 0.29) is 78.7 Å².